The maximum Gasteiger partial charge on any atom is 0.224 e. The smallest absolute Gasteiger partial charge is 0.224 e. The topological polar surface area (TPSA) is 44.3 Å². The quantitative estimate of drug-likeness (QED) is 0.893. The molecule has 1 atom stereocenters. The van der Waals surface area contributed by atoms with E-state index in [4.69, 9.17) is 0 Å². The van der Waals surface area contributed by atoms with Crippen LogP contribution in [0.1, 0.15) is 19.3 Å². The molecule has 1 unspecified atom stereocenters. The van der Waals surface area contributed by atoms with E-state index in [1.165, 1.54) is 32.1 Å². The van der Waals surface area contributed by atoms with E-state index in [0.29, 0.717) is 17.8 Å². The Morgan fingerprint density at radius 3 is 2.84 bits per heavy atom. The summed E-state index contributed by atoms with van der Waals surface area (Å²) in [5.41, 5.74) is 0. The van der Waals surface area contributed by atoms with Gasteiger partial charge in [0.2, 0.25) is 5.95 Å². The van der Waals surface area contributed by atoms with Crippen LogP contribution in [-0.2, 0) is 0 Å². The summed E-state index contributed by atoms with van der Waals surface area (Å²) in [7, 11) is 1.74. The van der Waals surface area contributed by atoms with Crippen LogP contribution in [0.5, 0.6) is 0 Å². The second-order valence-electron chi connectivity index (χ2n) is 5.25. The Morgan fingerprint density at radius 2 is 2.11 bits per heavy atom. The summed E-state index contributed by atoms with van der Waals surface area (Å²) >= 11 is 0. The zero-order chi connectivity index (χ0) is 13.2. The maximum atomic E-state index is 13.9. The monoisotopic (exact) mass is 265 g/mol. The van der Waals surface area contributed by atoms with E-state index in [9.17, 15) is 4.39 Å². The molecular weight excluding hydrogens is 245 g/mol. The van der Waals surface area contributed by atoms with Crippen molar-refractivity contribution in [2.24, 2.45) is 0 Å². The Kier molecular flexibility index (Phi) is 3.50. The number of anilines is 2. The van der Waals surface area contributed by atoms with E-state index in [2.05, 4.69) is 20.2 Å². The molecule has 0 radical (unpaired) electrons. The fourth-order valence-electron chi connectivity index (χ4n) is 3.04. The lowest BCUT2D eigenvalue weighted by Crippen LogP contribution is -2.35. The molecule has 0 amide bonds. The molecule has 2 saturated heterocycles. The molecule has 0 aromatic carbocycles. The number of hydrogen-bond donors (Lipinski definition) is 1. The van der Waals surface area contributed by atoms with Crippen LogP contribution in [0.25, 0.3) is 0 Å². The largest absolute Gasteiger partial charge is 0.357 e. The van der Waals surface area contributed by atoms with Gasteiger partial charge in [0.25, 0.3) is 0 Å². The lowest BCUT2D eigenvalue weighted by molar-refractivity contribution is 0.260. The van der Waals surface area contributed by atoms with Crippen molar-refractivity contribution in [2.45, 2.75) is 25.3 Å². The van der Waals surface area contributed by atoms with Crippen LogP contribution in [0.15, 0.2) is 6.20 Å². The van der Waals surface area contributed by atoms with Gasteiger partial charge in [0, 0.05) is 26.2 Å². The molecule has 6 heteroatoms. The second kappa shape index (κ2) is 5.28. The predicted molar refractivity (Wildman–Crippen MR) is 73.0 cm³/mol. The molecule has 0 aliphatic carbocycles. The summed E-state index contributed by atoms with van der Waals surface area (Å²) in [6.07, 6.45) is 4.93. The van der Waals surface area contributed by atoms with Crippen LogP contribution in [0.3, 0.4) is 0 Å². The third-order valence-corrected chi connectivity index (χ3v) is 4.07. The van der Waals surface area contributed by atoms with Crippen molar-refractivity contribution in [2.75, 3.05) is 43.4 Å². The number of aromatic nitrogens is 2. The summed E-state index contributed by atoms with van der Waals surface area (Å²) in [6.45, 7) is 4.12. The minimum absolute atomic E-state index is 0.332. The Bertz CT molecular complexity index is 447. The Labute approximate surface area is 112 Å². The Morgan fingerprint density at radius 1 is 1.32 bits per heavy atom. The number of likely N-dealkylation sites (tertiary alicyclic amines) is 1. The minimum Gasteiger partial charge on any atom is -0.357 e. The summed E-state index contributed by atoms with van der Waals surface area (Å²) in [5, 5.41) is 2.86. The van der Waals surface area contributed by atoms with Gasteiger partial charge in [-0.25, -0.2) is 9.37 Å². The van der Waals surface area contributed by atoms with Crippen molar-refractivity contribution in [3.05, 3.63) is 12.0 Å². The van der Waals surface area contributed by atoms with Crippen LogP contribution in [0.2, 0.25) is 0 Å². The average molecular weight is 265 g/mol. The molecule has 0 spiro atoms. The molecule has 2 aliphatic heterocycles. The van der Waals surface area contributed by atoms with Crippen molar-refractivity contribution in [3.63, 3.8) is 0 Å². The van der Waals surface area contributed by atoms with E-state index >= 15 is 0 Å². The highest BCUT2D eigenvalue weighted by Gasteiger charge is 2.31. The van der Waals surface area contributed by atoms with Gasteiger partial charge in [-0.15, -0.1) is 0 Å². The van der Waals surface area contributed by atoms with E-state index < -0.39 is 0 Å². The first-order chi connectivity index (χ1) is 9.28. The van der Waals surface area contributed by atoms with Gasteiger partial charge in [0.05, 0.1) is 6.20 Å². The van der Waals surface area contributed by atoms with Crippen molar-refractivity contribution >= 4 is 11.8 Å². The van der Waals surface area contributed by atoms with Crippen LogP contribution < -0.4 is 10.2 Å². The van der Waals surface area contributed by atoms with Crippen molar-refractivity contribution in [3.8, 4) is 0 Å². The van der Waals surface area contributed by atoms with Crippen molar-refractivity contribution in [1.82, 2.24) is 14.9 Å². The van der Waals surface area contributed by atoms with Gasteiger partial charge in [0.15, 0.2) is 11.6 Å². The molecule has 3 rings (SSSR count). The first-order valence-corrected chi connectivity index (χ1v) is 6.97. The lowest BCUT2D eigenvalue weighted by Gasteiger charge is -2.24. The number of nitrogens with zero attached hydrogens (tertiary/aromatic N) is 4. The molecule has 5 nitrogen and oxygen atoms in total. The molecule has 19 heavy (non-hydrogen) atoms. The van der Waals surface area contributed by atoms with Gasteiger partial charge in [0.1, 0.15) is 0 Å². The van der Waals surface area contributed by atoms with E-state index in [1.54, 1.807) is 7.05 Å². The van der Waals surface area contributed by atoms with Gasteiger partial charge in [-0.1, -0.05) is 0 Å². The molecule has 0 bridgehead atoms. The molecule has 1 N–H and O–H groups in total. The summed E-state index contributed by atoms with van der Waals surface area (Å²) in [4.78, 5) is 12.7. The zero-order valence-corrected chi connectivity index (χ0v) is 11.3. The minimum atomic E-state index is -0.332. The number of hydrogen-bond acceptors (Lipinski definition) is 5. The summed E-state index contributed by atoms with van der Waals surface area (Å²) in [5.74, 6) is 0.572. The Hall–Kier alpha value is -1.43. The normalized spacial score (nSPS) is 24.1. The highest BCUT2D eigenvalue weighted by molar-refractivity contribution is 5.45. The van der Waals surface area contributed by atoms with Gasteiger partial charge >= 0.3 is 0 Å². The fraction of sp³-hybridized carbons (Fsp3) is 0.692. The van der Waals surface area contributed by atoms with E-state index in [1.807, 2.05) is 4.90 Å². The Balaban J connectivity index is 1.73. The summed E-state index contributed by atoms with van der Waals surface area (Å²) < 4.78 is 13.9. The highest BCUT2D eigenvalue weighted by Crippen LogP contribution is 2.26. The number of rotatable bonds is 3. The molecule has 3 heterocycles. The standard InChI is InChI=1S/C13H20FN5/c1-15-13-16-8-11(14)12(17-13)19-7-4-10(9-19)18-5-2-3-6-18/h8,10H,2-7,9H2,1H3,(H,15,16,17). The third kappa shape index (κ3) is 2.49. The average Bonchev–Trinajstić information content (AvgIpc) is 3.10. The molecule has 1 aromatic rings. The van der Waals surface area contributed by atoms with Gasteiger partial charge in [-0.05, 0) is 32.4 Å². The SMILES string of the molecule is CNc1ncc(F)c(N2CCC(N3CCCC3)C2)n1. The fourth-order valence-corrected chi connectivity index (χ4v) is 3.04. The van der Waals surface area contributed by atoms with Crippen molar-refractivity contribution < 1.29 is 4.39 Å². The molecule has 0 saturated carbocycles. The highest BCUT2D eigenvalue weighted by atomic mass is 19.1. The van der Waals surface area contributed by atoms with Gasteiger partial charge in [-0.3, -0.25) is 4.90 Å². The number of halogens is 1. The van der Waals surface area contributed by atoms with E-state index in [-0.39, 0.29) is 5.82 Å². The second-order valence-corrected chi connectivity index (χ2v) is 5.25. The predicted octanol–water partition coefficient (Wildman–Crippen LogP) is 1.33. The van der Waals surface area contributed by atoms with Gasteiger partial charge < -0.3 is 10.2 Å². The molecule has 2 fully saturated rings. The van der Waals surface area contributed by atoms with Crippen LogP contribution in [0, 0.1) is 5.82 Å². The maximum absolute atomic E-state index is 13.9. The molecule has 1 aromatic heterocycles. The third-order valence-electron chi connectivity index (χ3n) is 4.07. The van der Waals surface area contributed by atoms with Crippen LogP contribution in [-0.4, -0.2) is 54.1 Å². The first-order valence-electron chi connectivity index (χ1n) is 6.97. The lowest BCUT2D eigenvalue weighted by atomic mass is 10.2. The number of nitrogens with one attached hydrogen (secondary N) is 1. The van der Waals surface area contributed by atoms with Crippen LogP contribution >= 0.6 is 0 Å². The van der Waals surface area contributed by atoms with Gasteiger partial charge in [-0.2, -0.15) is 4.98 Å². The van der Waals surface area contributed by atoms with E-state index in [0.717, 1.165) is 19.5 Å². The van der Waals surface area contributed by atoms with Crippen LogP contribution in [0.4, 0.5) is 16.2 Å². The zero-order valence-electron chi connectivity index (χ0n) is 11.3. The molecule has 2 aliphatic rings. The molecular formula is C13H20FN5. The first kappa shape index (κ1) is 12.6. The molecule has 104 valence electrons. The summed E-state index contributed by atoms with van der Waals surface area (Å²) in [6, 6.07) is 0.551. The van der Waals surface area contributed by atoms with Crippen molar-refractivity contribution in [1.29, 1.82) is 0 Å².